The molecule has 1 unspecified atom stereocenters. The van der Waals surface area contributed by atoms with Crippen LogP contribution in [0.15, 0.2) is 64.7 Å². The molecule has 0 spiro atoms. The molecule has 0 amide bonds. The predicted octanol–water partition coefficient (Wildman–Crippen LogP) is 7.13. The lowest BCUT2D eigenvalue weighted by molar-refractivity contribution is 0.214. The molecule has 1 fully saturated rings. The normalized spacial score (nSPS) is 19.9. The zero-order valence-corrected chi connectivity index (χ0v) is 21.5. The molecule has 3 heterocycles. The second kappa shape index (κ2) is 10.8. The molecule has 2 aliphatic heterocycles. The highest BCUT2D eigenvalue weighted by atomic mass is 19.1. The van der Waals surface area contributed by atoms with E-state index < -0.39 is 0 Å². The number of pyridine rings is 1. The highest BCUT2D eigenvalue weighted by molar-refractivity contribution is 6.08. The number of aromatic nitrogens is 1. The topological polar surface area (TPSA) is 40.9 Å². The van der Waals surface area contributed by atoms with Crippen LogP contribution in [0.2, 0.25) is 0 Å². The van der Waals surface area contributed by atoms with Crippen LogP contribution in [0.1, 0.15) is 43.7 Å². The summed E-state index contributed by atoms with van der Waals surface area (Å²) in [4.78, 5) is 17.0. The van der Waals surface area contributed by atoms with Crippen molar-refractivity contribution in [2.45, 2.75) is 39.5 Å². The number of aliphatic imine (C=N–C) groups is 2. The van der Waals surface area contributed by atoms with Crippen LogP contribution in [-0.2, 0) is 0 Å². The Morgan fingerprint density at radius 3 is 2.64 bits per heavy atom. The summed E-state index contributed by atoms with van der Waals surface area (Å²) in [6.45, 7) is 7.25. The maximum Gasteiger partial charge on any atom is 0.126 e. The number of aryl methyl sites for hydroxylation is 1. The van der Waals surface area contributed by atoms with Gasteiger partial charge in [-0.2, -0.15) is 0 Å². The summed E-state index contributed by atoms with van der Waals surface area (Å²) >= 11 is 0. The lowest BCUT2D eigenvalue weighted by atomic mass is 9.93. The molecule has 2 aliphatic rings. The predicted molar refractivity (Wildman–Crippen MR) is 148 cm³/mol. The maximum atomic E-state index is 13.9. The Labute approximate surface area is 214 Å². The lowest BCUT2D eigenvalue weighted by Gasteiger charge is -2.28. The minimum Gasteiger partial charge on any atom is -0.306 e. The van der Waals surface area contributed by atoms with Gasteiger partial charge in [-0.1, -0.05) is 19.1 Å². The van der Waals surface area contributed by atoms with Crippen molar-refractivity contribution >= 4 is 17.6 Å². The van der Waals surface area contributed by atoms with Crippen LogP contribution >= 0.6 is 0 Å². The van der Waals surface area contributed by atoms with Crippen molar-refractivity contribution in [3.63, 3.8) is 0 Å². The first kappa shape index (κ1) is 24.5. The number of rotatable bonds is 5. The summed E-state index contributed by atoms with van der Waals surface area (Å²) in [6, 6.07) is 15.7. The molecule has 0 bridgehead atoms. The zero-order chi connectivity index (χ0) is 25.1. The van der Waals surface area contributed by atoms with E-state index in [0.717, 1.165) is 64.7 Å². The van der Waals surface area contributed by atoms with E-state index in [2.05, 4.69) is 54.3 Å². The molecule has 1 saturated heterocycles. The molecule has 2 aromatic carbocycles. The van der Waals surface area contributed by atoms with E-state index in [9.17, 15) is 4.39 Å². The largest absolute Gasteiger partial charge is 0.306 e. The van der Waals surface area contributed by atoms with Gasteiger partial charge in [0.2, 0.25) is 0 Å². The highest BCUT2D eigenvalue weighted by Crippen LogP contribution is 2.35. The van der Waals surface area contributed by atoms with Crippen LogP contribution in [0.3, 0.4) is 0 Å². The average Bonchev–Trinajstić information content (AvgIpc) is 3.05. The lowest BCUT2D eigenvalue weighted by Crippen LogP contribution is -2.30. The third kappa shape index (κ3) is 5.46. The van der Waals surface area contributed by atoms with Crippen LogP contribution in [0.4, 0.5) is 10.1 Å². The molecule has 36 heavy (non-hydrogen) atoms. The van der Waals surface area contributed by atoms with Crippen molar-refractivity contribution in [1.82, 2.24) is 9.88 Å². The number of halogens is 1. The Bertz CT molecular complexity index is 1290. The number of piperidine rings is 1. The minimum atomic E-state index is -0.200. The third-order valence-corrected chi connectivity index (χ3v) is 7.52. The van der Waals surface area contributed by atoms with Gasteiger partial charge in [-0.15, -0.1) is 0 Å². The van der Waals surface area contributed by atoms with Crippen molar-refractivity contribution in [2.75, 3.05) is 26.7 Å². The van der Waals surface area contributed by atoms with E-state index in [4.69, 9.17) is 9.98 Å². The summed E-state index contributed by atoms with van der Waals surface area (Å²) in [7, 11) is 2.21. The molecule has 186 valence electrons. The smallest absolute Gasteiger partial charge is 0.126 e. The summed E-state index contributed by atoms with van der Waals surface area (Å²) in [5.74, 6) is 0.918. The van der Waals surface area contributed by atoms with Crippen molar-refractivity contribution in [1.29, 1.82) is 0 Å². The maximum absolute atomic E-state index is 13.9. The third-order valence-electron chi connectivity index (χ3n) is 7.52. The summed E-state index contributed by atoms with van der Waals surface area (Å²) in [6.07, 6.45) is 8.43. The number of hydrogen-bond acceptors (Lipinski definition) is 4. The average molecular weight is 483 g/mol. The van der Waals surface area contributed by atoms with Crippen molar-refractivity contribution in [3.05, 3.63) is 71.7 Å². The Morgan fingerprint density at radius 1 is 1.03 bits per heavy atom. The minimum absolute atomic E-state index is 0.200. The summed E-state index contributed by atoms with van der Waals surface area (Å²) in [5, 5.41) is 0. The van der Waals surface area contributed by atoms with E-state index in [1.807, 2.05) is 12.1 Å². The van der Waals surface area contributed by atoms with Crippen molar-refractivity contribution < 1.29 is 4.39 Å². The van der Waals surface area contributed by atoms with Gasteiger partial charge in [0.1, 0.15) is 5.82 Å². The SMILES string of the molecule is Cc1cc(-c2ncccc2-c2ccc3c(c2)C(=NCCC2CCN(C)CC2)CC(C)C=N3)ccc1F. The number of benzene rings is 2. The van der Waals surface area contributed by atoms with Crippen LogP contribution < -0.4 is 0 Å². The molecule has 0 saturated carbocycles. The monoisotopic (exact) mass is 482 g/mol. The van der Waals surface area contributed by atoms with Crippen molar-refractivity contribution in [2.24, 2.45) is 21.8 Å². The Balaban J connectivity index is 1.47. The second-order valence-electron chi connectivity index (χ2n) is 10.4. The number of likely N-dealkylation sites (tertiary alicyclic amines) is 1. The number of nitrogens with zero attached hydrogens (tertiary/aromatic N) is 4. The first-order valence-corrected chi connectivity index (χ1v) is 13.1. The van der Waals surface area contributed by atoms with Gasteiger partial charge < -0.3 is 4.90 Å². The van der Waals surface area contributed by atoms with Crippen LogP contribution in [-0.4, -0.2) is 48.5 Å². The molecule has 1 aromatic heterocycles. The molecule has 3 aromatic rings. The summed E-state index contributed by atoms with van der Waals surface area (Å²) < 4.78 is 13.9. The second-order valence-corrected chi connectivity index (χ2v) is 10.4. The van der Waals surface area contributed by atoms with Crippen LogP contribution in [0, 0.1) is 24.6 Å². The van der Waals surface area contributed by atoms with E-state index >= 15 is 0 Å². The fourth-order valence-corrected chi connectivity index (χ4v) is 5.27. The van der Waals surface area contributed by atoms with Gasteiger partial charge in [0.25, 0.3) is 0 Å². The Hall–Kier alpha value is -3.18. The quantitative estimate of drug-likeness (QED) is 0.388. The van der Waals surface area contributed by atoms with Gasteiger partial charge in [-0.05, 0) is 112 Å². The molecule has 1 atom stereocenters. The fraction of sp³-hybridized carbons (Fsp3) is 0.387. The van der Waals surface area contributed by atoms with Crippen molar-refractivity contribution in [3.8, 4) is 22.4 Å². The van der Waals surface area contributed by atoms with E-state index in [1.54, 1.807) is 19.2 Å². The highest BCUT2D eigenvalue weighted by Gasteiger charge is 2.20. The van der Waals surface area contributed by atoms with E-state index in [-0.39, 0.29) is 5.82 Å². The van der Waals surface area contributed by atoms with Gasteiger partial charge in [0, 0.05) is 41.4 Å². The van der Waals surface area contributed by atoms with Gasteiger partial charge in [0.05, 0.1) is 11.4 Å². The first-order valence-electron chi connectivity index (χ1n) is 13.1. The molecule has 0 aliphatic carbocycles. The molecular weight excluding hydrogens is 447 g/mol. The Kier molecular flexibility index (Phi) is 7.38. The van der Waals surface area contributed by atoms with Gasteiger partial charge in [-0.25, -0.2) is 4.39 Å². The van der Waals surface area contributed by atoms with Gasteiger partial charge in [0.15, 0.2) is 0 Å². The molecule has 5 heteroatoms. The number of hydrogen-bond donors (Lipinski definition) is 0. The van der Waals surface area contributed by atoms with E-state index in [1.165, 1.54) is 32.0 Å². The molecular formula is C31H35FN4. The molecule has 5 rings (SSSR count). The van der Waals surface area contributed by atoms with Crippen LogP contribution in [0.5, 0.6) is 0 Å². The first-order chi connectivity index (χ1) is 17.5. The zero-order valence-electron chi connectivity index (χ0n) is 21.5. The molecule has 0 radical (unpaired) electrons. The van der Waals surface area contributed by atoms with E-state index in [0.29, 0.717) is 11.5 Å². The van der Waals surface area contributed by atoms with Crippen LogP contribution in [0.25, 0.3) is 22.4 Å². The molecule has 0 N–H and O–H groups in total. The standard InChI is InChI=1S/C31H35FN4/c1-21-17-30(33-14-10-23-11-15-36(3)16-12-23)27-19-24(7-9-29(27)35-20-21)26-5-4-13-34-31(26)25-6-8-28(32)22(2)18-25/h4-9,13,18-21,23H,10-12,14-17H2,1-3H3. The van der Waals surface area contributed by atoms with Gasteiger partial charge >= 0.3 is 0 Å². The van der Waals surface area contributed by atoms with Gasteiger partial charge in [-0.3, -0.25) is 15.0 Å². The Morgan fingerprint density at radius 2 is 1.83 bits per heavy atom. The summed E-state index contributed by atoms with van der Waals surface area (Å²) in [5.41, 5.74) is 7.72. The fourth-order valence-electron chi connectivity index (χ4n) is 5.27. The number of fused-ring (bicyclic) bond motifs is 1. The molecule has 4 nitrogen and oxygen atoms in total.